The molecule has 0 aliphatic carbocycles. The highest BCUT2D eigenvalue weighted by atomic mass is 35.5. The molecule has 1 aromatic carbocycles. The van der Waals surface area contributed by atoms with Crippen LogP contribution in [0.5, 0.6) is 0 Å². The Morgan fingerprint density at radius 2 is 1.87 bits per heavy atom. The summed E-state index contributed by atoms with van der Waals surface area (Å²) in [6.45, 7) is 0. The van der Waals surface area contributed by atoms with Gasteiger partial charge in [-0.2, -0.15) is 0 Å². The minimum atomic E-state index is -0.285. The van der Waals surface area contributed by atoms with Crippen LogP contribution in [-0.4, -0.2) is 4.98 Å². The smallest absolute Gasteiger partial charge is 0.134 e. The normalized spacial score (nSPS) is 10.3. The molecule has 0 unspecified atom stereocenters. The van der Waals surface area contributed by atoms with Crippen molar-refractivity contribution < 1.29 is 4.39 Å². The predicted molar refractivity (Wildman–Crippen MR) is 59.2 cm³/mol. The van der Waals surface area contributed by atoms with Crippen LogP contribution in [0, 0.1) is 5.82 Å². The average molecular weight is 222 g/mol. The number of aromatic nitrogens is 1. The van der Waals surface area contributed by atoms with Gasteiger partial charge >= 0.3 is 0 Å². The van der Waals surface area contributed by atoms with Gasteiger partial charge in [-0.05, 0) is 11.6 Å². The van der Waals surface area contributed by atoms with E-state index < -0.39 is 0 Å². The minimum absolute atomic E-state index is 0.210. The van der Waals surface area contributed by atoms with E-state index in [1.807, 2.05) is 30.3 Å². The van der Waals surface area contributed by atoms with Crippen LogP contribution in [-0.2, 0) is 5.88 Å². The molecule has 0 spiro atoms. The Kier molecular flexibility index (Phi) is 2.97. The standard InChI is InChI=1S/C12H9ClFN/c13-8-11-12(10(14)6-7-15-11)9-4-2-1-3-5-9/h1-7H,8H2. The zero-order valence-electron chi connectivity index (χ0n) is 7.95. The SMILES string of the molecule is Fc1ccnc(CCl)c1-c1ccccc1. The Bertz CT molecular complexity index is 456. The van der Waals surface area contributed by atoms with Crippen LogP contribution in [0.15, 0.2) is 42.6 Å². The molecule has 0 bridgehead atoms. The molecule has 2 rings (SSSR count). The van der Waals surface area contributed by atoms with Gasteiger partial charge in [0, 0.05) is 11.8 Å². The Morgan fingerprint density at radius 3 is 2.53 bits per heavy atom. The van der Waals surface area contributed by atoms with Gasteiger partial charge in [0.1, 0.15) is 5.82 Å². The summed E-state index contributed by atoms with van der Waals surface area (Å²) < 4.78 is 13.6. The summed E-state index contributed by atoms with van der Waals surface area (Å²) in [7, 11) is 0. The van der Waals surface area contributed by atoms with Crippen molar-refractivity contribution in [3.63, 3.8) is 0 Å². The molecule has 0 atom stereocenters. The molecule has 1 heterocycles. The number of alkyl halides is 1. The average Bonchev–Trinajstić information content (AvgIpc) is 2.29. The summed E-state index contributed by atoms with van der Waals surface area (Å²) in [5.74, 6) is -0.0750. The van der Waals surface area contributed by atoms with Gasteiger partial charge < -0.3 is 0 Å². The van der Waals surface area contributed by atoms with E-state index in [-0.39, 0.29) is 11.7 Å². The van der Waals surface area contributed by atoms with E-state index >= 15 is 0 Å². The predicted octanol–water partition coefficient (Wildman–Crippen LogP) is 3.63. The lowest BCUT2D eigenvalue weighted by atomic mass is 10.0. The summed E-state index contributed by atoms with van der Waals surface area (Å²) in [6.07, 6.45) is 1.43. The lowest BCUT2D eigenvalue weighted by Crippen LogP contribution is -1.94. The molecule has 76 valence electrons. The van der Waals surface area contributed by atoms with E-state index in [1.165, 1.54) is 12.3 Å². The summed E-state index contributed by atoms with van der Waals surface area (Å²) in [5, 5.41) is 0. The number of pyridine rings is 1. The molecule has 1 aromatic heterocycles. The Morgan fingerprint density at radius 1 is 1.13 bits per heavy atom. The van der Waals surface area contributed by atoms with E-state index in [1.54, 1.807) is 0 Å². The highest BCUT2D eigenvalue weighted by Gasteiger charge is 2.10. The highest BCUT2D eigenvalue weighted by Crippen LogP contribution is 2.26. The fourth-order valence-electron chi connectivity index (χ4n) is 1.49. The molecule has 0 aliphatic heterocycles. The number of rotatable bonds is 2. The largest absolute Gasteiger partial charge is 0.259 e. The van der Waals surface area contributed by atoms with Gasteiger partial charge in [0.05, 0.1) is 11.6 Å². The number of halogens is 2. The van der Waals surface area contributed by atoms with Gasteiger partial charge in [-0.1, -0.05) is 30.3 Å². The summed E-state index contributed by atoms with van der Waals surface area (Å²) in [4.78, 5) is 4.06. The van der Waals surface area contributed by atoms with Crippen molar-refractivity contribution in [3.05, 3.63) is 54.1 Å². The maximum absolute atomic E-state index is 13.6. The maximum Gasteiger partial charge on any atom is 0.134 e. The van der Waals surface area contributed by atoms with Gasteiger partial charge in [0.15, 0.2) is 0 Å². The first-order valence-electron chi connectivity index (χ1n) is 4.57. The summed E-state index contributed by atoms with van der Waals surface area (Å²) in [5.41, 5.74) is 1.87. The topological polar surface area (TPSA) is 12.9 Å². The lowest BCUT2D eigenvalue weighted by Gasteiger charge is -2.07. The molecule has 3 heteroatoms. The van der Waals surface area contributed by atoms with Crippen LogP contribution in [0.3, 0.4) is 0 Å². The van der Waals surface area contributed by atoms with Crippen LogP contribution in [0.1, 0.15) is 5.69 Å². The van der Waals surface area contributed by atoms with Gasteiger partial charge in [-0.15, -0.1) is 11.6 Å². The van der Waals surface area contributed by atoms with Crippen molar-refractivity contribution in [1.82, 2.24) is 4.98 Å². The summed E-state index contributed by atoms with van der Waals surface area (Å²) >= 11 is 5.72. The van der Waals surface area contributed by atoms with Crippen molar-refractivity contribution in [1.29, 1.82) is 0 Å². The third-order valence-electron chi connectivity index (χ3n) is 2.17. The number of hydrogen-bond donors (Lipinski definition) is 0. The van der Waals surface area contributed by atoms with Crippen molar-refractivity contribution in [2.24, 2.45) is 0 Å². The second-order valence-corrected chi connectivity index (χ2v) is 3.38. The zero-order chi connectivity index (χ0) is 10.7. The first kappa shape index (κ1) is 10.1. The van der Waals surface area contributed by atoms with Crippen molar-refractivity contribution in [2.45, 2.75) is 5.88 Å². The maximum atomic E-state index is 13.6. The third-order valence-corrected chi connectivity index (χ3v) is 2.42. The molecule has 0 saturated heterocycles. The van der Waals surface area contributed by atoms with Crippen LogP contribution >= 0.6 is 11.6 Å². The monoisotopic (exact) mass is 221 g/mol. The molecule has 0 amide bonds. The molecule has 0 radical (unpaired) electrons. The number of hydrogen-bond acceptors (Lipinski definition) is 1. The fraction of sp³-hybridized carbons (Fsp3) is 0.0833. The van der Waals surface area contributed by atoms with Gasteiger partial charge in [-0.25, -0.2) is 4.39 Å². The Balaban J connectivity index is 2.61. The van der Waals surface area contributed by atoms with Gasteiger partial charge in [0.25, 0.3) is 0 Å². The Labute approximate surface area is 92.5 Å². The third kappa shape index (κ3) is 2.00. The molecule has 0 N–H and O–H groups in total. The molecule has 15 heavy (non-hydrogen) atoms. The van der Waals surface area contributed by atoms with E-state index in [4.69, 9.17) is 11.6 Å². The molecule has 0 aliphatic rings. The first-order chi connectivity index (χ1) is 7.33. The zero-order valence-corrected chi connectivity index (χ0v) is 8.71. The van der Waals surface area contributed by atoms with E-state index in [0.717, 1.165) is 5.56 Å². The second kappa shape index (κ2) is 4.41. The molecular formula is C12H9ClFN. The van der Waals surface area contributed by atoms with E-state index in [9.17, 15) is 4.39 Å². The van der Waals surface area contributed by atoms with Crippen molar-refractivity contribution in [2.75, 3.05) is 0 Å². The molecule has 0 saturated carbocycles. The minimum Gasteiger partial charge on any atom is -0.259 e. The van der Waals surface area contributed by atoms with Gasteiger partial charge in [-0.3, -0.25) is 4.98 Å². The quantitative estimate of drug-likeness (QED) is 0.706. The Hall–Kier alpha value is -1.41. The molecule has 2 aromatic rings. The lowest BCUT2D eigenvalue weighted by molar-refractivity contribution is 0.627. The molecule has 1 nitrogen and oxygen atoms in total. The van der Waals surface area contributed by atoms with Crippen LogP contribution in [0.4, 0.5) is 4.39 Å². The first-order valence-corrected chi connectivity index (χ1v) is 5.11. The molecular weight excluding hydrogens is 213 g/mol. The highest BCUT2D eigenvalue weighted by molar-refractivity contribution is 6.17. The number of benzene rings is 1. The van der Waals surface area contributed by atoms with Crippen LogP contribution in [0.2, 0.25) is 0 Å². The van der Waals surface area contributed by atoms with Gasteiger partial charge in [0.2, 0.25) is 0 Å². The molecule has 0 fully saturated rings. The van der Waals surface area contributed by atoms with Crippen LogP contribution in [0.25, 0.3) is 11.1 Å². The van der Waals surface area contributed by atoms with E-state index in [2.05, 4.69) is 4.98 Å². The van der Waals surface area contributed by atoms with E-state index in [0.29, 0.717) is 11.3 Å². The van der Waals surface area contributed by atoms with Crippen molar-refractivity contribution >= 4 is 11.6 Å². The summed E-state index contributed by atoms with van der Waals surface area (Å²) in [6, 6.07) is 10.6. The van der Waals surface area contributed by atoms with Crippen LogP contribution < -0.4 is 0 Å². The number of nitrogens with zero attached hydrogens (tertiary/aromatic N) is 1. The van der Waals surface area contributed by atoms with Crippen molar-refractivity contribution in [3.8, 4) is 11.1 Å². The fourth-order valence-corrected chi connectivity index (χ4v) is 1.69. The second-order valence-electron chi connectivity index (χ2n) is 3.11.